The molecule has 1 aromatic rings. The van der Waals surface area contributed by atoms with Crippen LogP contribution in [0.2, 0.25) is 0 Å². The highest BCUT2D eigenvalue weighted by Gasteiger charge is 2.19. The predicted octanol–water partition coefficient (Wildman–Crippen LogP) is 0.952. The second-order valence-corrected chi connectivity index (χ2v) is 4.01. The third kappa shape index (κ3) is 3.18. The minimum Gasteiger partial charge on any atom is -0.478 e. The van der Waals surface area contributed by atoms with Gasteiger partial charge in [0.25, 0.3) is 5.69 Å². The summed E-state index contributed by atoms with van der Waals surface area (Å²) in [7, 11) is 0. The van der Waals surface area contributed by atoms with Crippen molar-refractivity contribution in [1.82, 2.24) is 5.01 Å². The molecule has 8 heteroatoms. The van der Waals surface area contributed by atoms with E-state index >= 15 is 0 Å². The minimum atomic E-state index is -1.13. The van der Waals surface area contributed by atoms with Gasteiger partial charge in [-0.3, -0.25) is 10.1 Å². The lowest BCUT2D eigenvalue weighted by Gasteiger charge is -2.27. The molecule has 0 amide bonds. The van der Waals surface area contributed by atoms with Crippen LogP contribution in [0.25, 0.3) is 0 Å². The molecule has 0 bridgehead atoms. The lowest BCUT2D eigenvalue weighted by molar-refractivity contribution is -0.384. The van der Waals surface area contributed by atoms with Crippen LogP contribution in [-0.2, 0) is 4.74 Å². The molecule has 2 rings (SSSR count). The highest BCUT2D eigenvalue weighted by atomic mass is 16.6. The third-order valence-electron chi connectivity index (χ3n) is 2.73. The number of carboxylic acids is 1. The van der Waals surface area contributed by atoms with Crippen molar-refractivity contribution in [3.8, 4) is 0 Å². The van der Waals surface area contributed by atoms with E-state index in [9.17, 15) is 14.9 Å². The first kappa shape index (κ1) is 13.2. The van der Waals surface area contributed by atoms with Crippen molar-refractivity contribution in [1.29, 1.82) is 0 Å². The minimum absolute atomic E-state index is 0.00126. The number of nitro groups is 1. The maximum absolute atomic E-state index is 10.9. The van der Waals surface area contributed by atoms with E-state index in [1.807, 2.05) is 0 Å². The van der Waals surface area contributed by atoms with E-state index in [0.29, 0.717) is 26.3 Å². The monoisotopic (exact) mass is 267 g/mol. The molecule has 1 aromatic carbocycles. The number of morpholine rings is 1. The Morgan fingerprint density at radius 1 is 1.42 bits per heavy atom. The number of ether oxygens (including phenoxy) is 1. The summed E-state index contributed by atoms with van der Waals surface area (Å²) in [5.41, 5.74) is 2.89. The zero-order valence-electron chi connectivity index (χ0n) is 10.0. The molecule has 1 aliphatic rings. The molecule has 0 atom stereocenters. The van der Waals surface area contributed by atoms with Crippen molar-refractivity contribution < 1.29 is 19.6 Å². The quantitative estimate of drug-likeness (QED) is 0.618. The Morgan fingerprint density at radius 2 is 2.11 bits per heavy atom. The Bertz CT molecular complexity index is 499. The third-order valence-corrected chi connectivity index (χ3v) is 2.73. The van der Waals surface area contributed by atoms with Crippen LogP contribution in [-0.4, -0.2) is 47.3 Å². The van der Waals surface area contributed by atoms with E-state index in [1.165, 1.54) is 18.2 Å². The molecule has 1 heterocycles. The number of hydrazine groups is 1. The van der Waals surface area contributed by atoms with Gasteiger partial charge in [0, 0.05) is 19.2 Å². The number of hydrogen-bond donors (Lipinski definition) is 2. The van der Waals surface area contributed by atoms with Crippen LogP contribution in [0, 0.1) is 10.1 Å². The van der Waals surface area contributed by atoms with Crippen LogP contribution >= 0.6 is 0 Å². The molecule has 19 heavy (non-hydrogen) atoms. The number of nitro benzene ring substituents is 1. The maximum atomic E-state index is 10.9. The van der Waals surface area contributed by atoms with Crippen LogP contribution in [0.3, 0.4) is 0 Å². The van der Waals surface area contributed by atoms with E-state index in [-0.39, 0.29) is 16.9 Å². The molecule has 0 aromatic heterocycles. The highest BCUT2D eigenvalue weighted by molar-refractivity contribution is 5.90. The molecular weight excluding hydrogens is 254 g/mol. The number of benzene rings is 1. The van der Waals surface area contributed by atoms with Crippen molar-refractivity contribution in [3.63, 3.8) is 0 Å². The van der Waals surface area contributed by atoms with Gasteiger partial charge in [0.1, 0.15) is 5.69 Å². The fraction of sp³-hybridized carbons (Fsp3) is 0.364. The molecule has 8 nitrogen and oxygen atoms in total. The first-order chi connectivity index (χ1) is 9.08. The van der Waals surface area contributed by atoms with Crippen LogP contribution in [0.1, 0.15) is 10.4 Å². The molecule has 0 spiro atoms. The van der Waals surface area contributed by atoms with E-state index in [4.69, 9.17) is 9.84 Å². The number of nitrogens with zero attached hydrogens (tertiary/aromatic N) is 2. The summed E-state index contributed by atoms with van der Waals surface area (Å²) < 4.78 is 5.17. The maximum Gasteiger partial charge on any atom is 0.335 e. The van der Waals surface area contributed by atoms with Gasteiger partial charge in [-0.15, -0.1) is 0 Å². The average molecular weight is 267 g/mol. The molecule has 0 saturated carbocycles. The molecule has 2 N–H and O–H groups in total. The molecule has 0 radical (unpaired) electrons. The average Bonchev–Trinajstić information content (AvgIpc) is 2.39. The predicted molar refractivity (Wildman–Crippen MR) is 66.1 cm³/mol. The smallest absolute Gasteiger partial charge is 0.335 e. The Kier molecular flexibility index (Phi) is 3.93. The number of carbonyl (C=O) groups is 1. The summed E-state index contributed by atoms with van der Waals surface area (Å²) in [4.78, 5) is 21.3. The van der Waals surface area contributed by atoms with Crippen LogP contribution < -0.4 is 5.43 Å². The summed E-state index contributed by atoms with van der Waals surface area (Å²) >= 11 is 0. The summed E-state index contributed by atoms with van der Waals surface area (Å²) in [5.74, 6) is -1.13. The topological polar surface area (TPSA) is 105 Å². The van der Waals surface area contributed by atoms with Crippen LogP contribution in [0.4, 0.5) is 11.4 Å². The molecule has 1 saturated heterocycles. The number of hydrogen-bond acceptors (Lipinski definition) is 6. The zero-order chi connectivity index (χ0) is 13.8. The lowest BCUT2D eigenvalue weighted by atomic mass is 10.2. The SMILES string of the molecule is O=C(O)c1ccc([N+](=O)[O-])c(NN2CCOCC2)c1. The fourth-order valence-electron chi connectivity index (χ4n) is 1.76. The van der Waals surface area contributed by atoms with E-state index in [1.54, 1.807) is 5.01 Å². The first-order valence-corrected chi connectivity index (χ1v) is 5.69. The van der Waals surface area contributed by atoms with Crippen molar-refractivity contribution in [2.45, 2.75) is 0 Å². The summed E-state index contributed by atoms with van der Waals surface area (Å²) in [5, 5.41) is 21.6. The lowest BCUT2D eigenvalue weighted by Crippen LogP contribution is -2.40. The van der Waals surface area contributed by atoms with E-state index in [2.05, 4.69) is 5.43 Å². The van der Waals surface area contributed by atoms with Gasteiger partial charge < -0.3 is 15.3 Å². The van der Waals surface area contributed by atoms with Gasteiger partial charge >= 0.3 is 5.97 Å². The Labute approximate surface area is 108 Å². The Hall–Kier alpha value is -2.19. The summed E-state index contributed by atoms with van der Waals surface area (Å²) in [6.45, 7) is 2.21. The molecule has 1 fully saturated rings. The molecule has 102 valence electrons. The van der Waals surface area contributed by atoms with Gasteiger partial charge in [0.2, 0.25) is 0 Å². The molecular formula is C11H13N3O5. The van der Waals surface area contributed by atoms with Gasteiger partial charge in [-0.2, -0.15) is 0 Å². The van der Waals surface area contributed by atoms with Crippen molar-refractivity contribution in [2.24, 2.45) is 0 Å². The molecule has 1 aliphatic heterocycles. The highest BCUT2D eigenvalue weighted by Crippen LogP contribution is 2.26. The standard InChI is InChI=1S/C11H13N3O5/c15-11(16)8-1-2-10(14(17)18)9(7-8)12-13-3-5-19-6-4-13/h1-2,7,12H,3-6H2,(H,15,16). The fourth-order valence-corrected chi connectivity index (χ4v) is 1.76. The van der Waals surface area contributed by atoms with Gasteiger partial charge in [-0.05, 0) is 12.1 Å². The van der Waals surface area contributed by atoms with E-state index < -0.39 is 10.9 Å². The first-order valence-electron chi connectivity index (χ1n) is 5.69. The number of anilines is 1. The number of nitrogens with one attached hydrogen (secondary N) is 1. The summed E-state index contributed by atoms with van der Waals surface area (Å²) in [6.07, 6.45) is 0. The second kappa shape index (κ2) is 5.63. The number of carboxylic acid groups (broad SMARTS) is 1. The van der Waals surface area contributed by atoms with Gasteiger partial charge in [0.15, 0.2) is 0 Å². The number of aromatic carboxylic acids is 1. The van der Waals surface area contributed by atoms with Crippen molar-refractivity contribution >= 4 is 17.3 Å². The Morgan fingerprint density at radius 3 is 2.68 bits per heavy atom. The van der Waals surface area contributed by atoms with E-state index in [0.717, 1.165) is 0 Å². The second-order valence-electron chi connectivity index (χ2n) is 4.01. The van der Waals surface area contributed by atoms with Crippen molar-refractivity contribution in [3.05, 3.63) is 33.9 Å². The molecule has 0 unspecified atom stereocenters. The van der Waals surface area contributed by atoms with Gasteiger partial charge in [-0.25, -0.2) is 9.80 Å². The van der Waals surface area contributed by atoms with Crippen LogP contribution in [0.15, 0.2) is 18.2 Å². The van der Waals surface area contributed by atoms with Gasteiger partial charge in [-0.1, -0.05) is 0 Å². The van der Waals surface area contributed by atoms with Crippen LogP contribution in [0.5, 0.6) is 0 Å². The summed E-state index contributed by atoms with van der Waals surface area (Å²) in [6, 6.07) is 3.66. The zero-order valence-corrected chi connectivity index (χ0v) is 10.0. The Balaban J connectivity index is 2.26. The normalized spacial score (nSPS) is 16.0. The molecule has 0 aliphatic carbocycles. The largest absolute Gasteiger partial charge is 0.478 e. The van der Waals surface area contributed by atoms with Crippen molar-refractivity contribution in [2.75, 3.05) is 31.7 Å². The van der Waals surface area contributed by atoms with Gasteiger partial charge in [0.05, 0.1) is 23.7 Å². The number of rotatable bonds is 4.